The van der Waals surface area contributed by atoms with E-state index in [0.717, 1.165) is 32.4 Å². The van der Waals surface area contributed by atoms with Crippen molar-refractivity contribution in [1.82, 2.24) is 5.32 Å². The molecule has 0 bridgehead atoms. The number of carbonyl (C=O) groups is 1. The highest BCUT2D eigenvalue weighted by molar-refractivity contribution is 5.65. The highest BCUT2D eigenvalue weighted by atomic mass is 16.5. The van der Waals surface area contributed by atoms with E-state index in [0.29, 0.717) is 12.5 Å². The number of hydrogen-bond donors (Lipinski definition) is 1. The zero-order valence-electron chi connectivity index (χ0n) is 10.1. The van der Waals surface area contributed by atoms with Crippen LogP contribution in [0, 0.1) is 11.3 Å². The normalized spacial score (nSPS) is 20.3. The maximum atomic E-state index is 10.9. The van der Waals surface area contributed by atoms with Crippen molar-refractivity contribution in [2.45, 2.75) is 40.0 Å². The van der Waals surface area contributed by atoms with Crippen molar-refractivity contribution in [2.24, 2.45) is 11.3 Å². The molecule has 1 fully saturated rings. The van der Waals surface area contributed by atoms with Crippen LogP contribution < -0.4 is 5.32 Å². The summed E-state index contributed by atoms with van der Waals surface area (Å²) in [6.07, 6.45) is 3.40. The van der Waals surface area contributed by atoms with Gasteiger partial charge in [-0.1, -0.05) is 13.8 Å². The van der Waals surface area contributed by atoms with Gasteiger partial charge in [0.1, 0.15) is 0 Å². The van der Waals surface area contributed by atoms with Crippen LogP contribution in [0.4, 0.5) is 0 Å². The van der Waals surface area contributed by atoms with Crippen molar-refractivity contribution in [2.75, 3.05) is 19.7 Å². The minimum Gasteiger partial charge on any atom is -0.465 e. The second-order valence-electron chi connectivity index (χ2n) is 5.13. The molecule has 0 aromatic rings. The van der Waals surface area contributed by atoms with Gasteiger partial charge in [0.2, 0.25) is 0 Å². The molecule has 1 aliphatic heterocycles. The van der Waals surface area contributed by atoms with Crippen molar-refractivity contribution in [3.63, 3.8) is 0 Å². The SMILES string of the molecule is CC(=O)OCC1(CC(C)C)CCNCC1. The lowest BCUT2D eigenvalue weighted by atomic mass is 9.74. The van der Waals surface area contributed by atoms with E-state index in [9.17, 15) is 4.79 Å². The van der Waals surface area contributed by atoms with Gasteiger partial charge < -0.3 is 10.1 Å². The Bertz CT molecular complexity index is 208. The monoisotopic (exact) mass is 213 g/mol. The maximum Gasteiger partial charge on any atom is 0.302 e. The first-order valence-electron chi connectivity index (χ1n) is 5.88. The third kappa shape index (κ3) is 4.20. The Kier molecular flexibility index (Phi) is 4.58. The number of esters is 1. The summed E-state index contributed by atoms with van der Waals surface area (Å²) in [6.45, 7) is 8.66. The summed E-state index contributed by atoms with van der Waals surface area (Å²) in [6, 6.07) is 0. The molecule has 15 heavy (non-hydrogen) atoms. The molecule has 1 saturated heterocycles. The number of nitrogens with one attached hydrogen (secondary N) is 1. The summed E-state index contributed by atoms with van der Waals surface area (Å²) in [5.41, 5.74) is 0.227. The summed E-state index contributed by atoms with van der Waals surface area (Å²) < 4.78 is 5.22. The Balaban J connectivity index is 2.53. The summed E-state index contributed by atoms with van der Waals surface area (Å²) in [4.78, 5) is 10.9. The summed E-state index contributed by atoms with van der Waals surface area (Å²) >= 11 is 0. The lowest BCUT2D eigenvalue weighted by Crippen LogP contribution is -2.41. The fraction of sp³-hybridized carbons (Fsp3) is 0.917. The highest BCUT2D eigenvalue weighted by Crippen LogP contribution is 2.35. The molecule has 3 heteroatoms. The third-order valence-corrected chi connectivity index (χ3v) is 3.09. The molecule has 0 atom stereocenters. The van der Waals surface area contributed by atoms with Crippen LogP contribution in [0.15, 0.2) is 0 Å². The third-order valence-electron chi connectivity index (χ3n) is 3.09. The summed E-state index contributed by atoms with van der Waals surface area (Å²) in [5.74, 6) is 0.510. The molecule has 1 N–H and O–H groups in total. The van der Waals surface area contributed by atoms with Crippen molar-refractivity contribution < 1.29 is 9.53 Å². The molecule has 0 aromatic carbocycles. The van der Waals surface area contributed by atoms with Gasteiger partial charge in [-0.3, -0.25) is 4.79 Å². The minimum atomic E-state index is -0.156. The van der Waals surface area contributed by atoms with Crippen molar-refractivity contribution >= 4 is 5.97 Å². The molecule has 0 unspecified atom stereocenters. The number of carbonyl (C=O) groups excluding carboxylic acids is 1. The van der Waals surface area contributed by atoms with Gasteiger partial charge in [-0.05, 0) is 38.3 Å². The topological polar surface area (TPSA) is 38.3 Å². The van der Waals surface area contributed by atoms with E-state index in [1.54, 1.807) is 0 Å². The van der Waals surface area contributed by atoms with Gasteiger partial charge in [0.15, 0.2) is 0 Å². The fourth-order valence-corrected chi connectivity index (χ4v) is 2.49. The fourth-order valence-electron chi connectivity index (χ4n) is 2.49. The molecule has 1 rings (SSSR count). The van der Waals surface area contributed by atoms with Crippen molar-refractivity contribution in [3.05, 3.63) is 0 Å². The van der Waals surface area contributed by atoms with Crippen LogP contribution in [0.3, 0.4) is 0 Å². The van der Waals surface area contributed by atoms with Gasteiger partial charge in [0.25, 0.3) is 0 Å². The highest BCUT2D eigenvalue weighted by Gasteiger charge is 2.33. The van der Waals surface area contributed by atoms with E-state index in [1.165, 1.54) is 6.92 Å². The quantitative estimate of drug-likeness (QED) is 0.726. The number of hydrogen-bond acceptors (Lipinski definition) is 3. The maximum absolute atomic E-state index is 10.9. The van der Waals surface area contributed by atoms with E-state index < -0.39 is 0 Å². The predicted octanol–water partition coefficient (Wildman–Crippen LogP) is 1.97. The zero-order valence-corrected chi connectivity index (χ0v) is 10.1. The van der Waals surface area contributed by atoms with E-state index >= 15 is 0 Å². The van der Waals surface area contributed by atoms with E-state index in [-0.39, 0.29) is 11.4 Å². The molecular formula is C12H23NO2. The lowest BCUT2D eigenvalue weighted by Gasteiger charge is -2.38. The standard InChI is InChI=1S/C12H23NO2/c1-10(2)8-12(9-15-11(3)14)4-6-13-7-5-12/h10,13H,4-9H2,1-3H3. The van der Waals surface area contributed by atoms with E-state index in [2.05, 4.69) is 19.2 Å². The van der Waals surface area contributed by atoms with Crippen LogP contribution >= 0.6 is 0 Å². The van der Waals surface area contributed by atoms with Gasteiger partial charge >= 0.3 is 5.97 Å². The Hall–Kier alpha value is -0.570. The molecule has 3 nitrogen and oxygen atoms in total. The minimum absolute atomic E-state index is 0.156. The Morgan fingerprint density at radius 2 is 2.00 bits per heavy atom. The van der Waals surface area contributed by atoms with Crippen LogP contribution in [0.2, 0.25) is 0 Å². The second-order valence-corrected chi connectivity index (χ2v) is 5.13. The van der Waals surface area contributed by atoms with Gasteiger partial charge in [-0.2, -0.15) is 0 Å². The number of ether oxygens (including phenoxy) is 1. The van der Waals surface area contributed by atoms with Crippen molar-refractivity contribution in [1.29, 1.82) is 0 Å². The summed E-state index contributed by atoms with van der Waals surface area (Å²) in [5, 5.41) is 3.36. The van der Waals surface area contributed by atoms with Crippen LogP contribution in [0.5, 0.6) is 0 Å². The van der Waals surface area contributed by atoms with Gasteiger partial charge in [0.05, 0.1) is 6.61 Å². The first kappa shape index (κ1) is 12.5. The Morgan fingerprint density at radius 1 is 1.40 bits per heavy atom. The number of piperidine rings is 1. The van der Waals surface area contributed by atoms with Gasteiger partial charge in [-0.25, -0.2) is 0 Å². The molecule has 0 aliphatic carbocycles. The molecule has 0 saturated carbocycles. The average molecular weight is 213 g/mol. The molecule has 1 heterocycles. The average Bonchev–Trinajstić information content (AvgIpc) is 2.15. The number of rotatable bonds is 4. The van der Waals surface area contributed by atoms with E-state index in [4.69, 9.17) is 4.74 Å². The van der Waals surface area contributed by atoms with Gasteiger partial charge in [0, 0.05) is 12.3 Å². The lowest BCUT2D eigenvalue weighted by molar-refractivity contribution is -0.145. The van der Waals surface area contributed by atoms with E-state index in [1.807, 2.05) is 0 Å². The van der Waals surface area contributed by atoms with Crippen LogP contribution in [-0.4, -0.2) is 25.7 Å². The smallest absolute Gasteiger partial charge is 0.302 e. The van der Waals surface area contributed by atoms with Gasteiger partial charge in [-0.15, -0.1) is 0 Å². The first-order chi connectivity index (χ1) is 7.04. The van der Waals surface area contributed by atoms with Crippen LogP contribution in [-0.2, 0) is 9.53 Å². The first-order valence-corrected chi connectivity index (χ1v) is 5.88. The predicted molar refractivity (Wildman–Crippen MR) is 60.6 cm³/mol. The molecule has 0 aromatic heterocycles. The van der Waals surface area contributed by atoms with Crippen LogP contribution in [0.1, 0.15) is 40.0 Å². The molecule has 0 amide bonds. The Morgan fingerprint density at radius 3 is 2.47 bits per heavy atom. The molecule has 0 radical (unpaired) electrons. The second kappa shape index (κ2) is 5.50. The molecule has 0 spiro atoms. The van der Waals surface area contributed by atoms with Crippen LogP contribution in [0.25, 0.3) is 0 Å². The molecule has 88 valence electrons. The molecule has 1 aliphatic rings. The zero-order chi connectivity index (χ0) is 11.3. The molecular weight excluding hydrogens is 190 g/mol. The summed E-state index contributed by atoms with van der Waals surface area (Å²) in [7, 11) is 0. The largest absolute Gasteiger partial charge is 0.465 e. The Labute approximate surface area is 92.6 Å². The van der Waals surface area contributed by atoms with Crippen molar-refractivity contribution in [3.8, 4) is 0 Å².